The van der Waals surface area contributed by atoms with Crippen molar-refractivity contribution in [2.45, 2.75) is 144 Å². The Morgan fingerprint density at radius 1 is 0.484 bits per heavy atom. The predicted molar refractivity (Wildman–Crippen MR) is 381 cm³/mol. The van der Waals surface area contributed by atoms with Crippen molar-refractivity contribution in [2.75, 3.05) is 26.4 Å². The zero-order chi connectivity index (χ0) is 65.7. The molecule has 0 bridgehead atoms. The summed E-state index contributed by atoms with van der Waals surface area (Å²) in [6.45, 7) is 34.5. The van der Waals surface area contributed by atoms with E-state index in [-0.39, 0.29) is 32.6 Å². The van der Waals surface area contributed by atoms with E-state index in [0.717, 1.165) is 83.0 Å². The molecule has 0 saturated carbocycles. The summed E-state index contributed by atoms with van der Waals surface area (Å²) in [5.41, 5.74) is 8.14. The van der Waals surface area contributed by atoms with Gasteiger partial charge >= 0.3 is 23.4 Å². The van der Waals surface area contributed by atoms with Crippen molar-refractivity contribution in [3.05, 3.63) is 137 Å². The Balaban J connectivity index is 0.000000220. The summed E-state index contributed by atoms with van der Waals surface area (Å²) in [6, 6.07) is 31.9. The average molecular weight is 1460 g/mol. The number of ether oxygens (including phenoxy) is 6. The number of aryl methyl sites for hydroxylation is 3. The minimum Gasteiger partial charge on any atom is -0.425 e. The normalized spacial score (nSPS) is 12.4. The van der Waals surface area contributed by atoms with Crippen molar-refractivity contribution in [1.82, 2.24) is 63.3 Å². The molecule has 0 aliphatic heterocycles. The van der Waals surface area contributed by atoms with E-state index in [2.05, 4.69) is 151 Å². The van der Waals surface area contributed by atoms with E-state index in [1.54, 1.807) is 12.1 Å². The molecule has 91 heavy (non-hydrogen) atoms. The van der Waals surface area contributed by atoms with Gasteiger partial charge in [0.05, 0.1) is 43.5 Å². The van der Waals surface area contributed by atoms with E-state index in [1.807, 2.05) is 84.8 Å². The van der Waals surface area contributed by atoms with Crippen LogP contribution >= 0.6 is 45.8 Å². The second kappa shape index (κ2) is 29.1. The molecule has 0 spiro atoms. The van der Waals surface area contributed by atoms with Crippen LogP contribution in [0.4, 0.5) is 0 Å². The van der Waals surface area contributed by atoms with E-state index >= 15 is 0 Å². The van der Waals surface area contributed by atoms with Gasteiger partial charge in [0.15, 0.2) is 0 Å². The molecular formula is C63H84Cl2IN13O8Si4. The van der Waals surface area contributed by atoms with Gasteiger partial charge in [-0.25, -0.2) is 9.59 Å². The van der Waals surface area contributed by atoms with Gasteiger partial charge in [-0.05, 0) is 153 Å². The van der Waals surface area contributed by atoms with E-state index in [4.69, 9.17) is 61.6 Å². The molecule has 5 aromatic heterocycles. The van der Waals surface area contributed by atoms with Crippen molar-refractivity contribution >= 4 is 111 Å². The molecule has 21 nitrogen and oxygen atoms in total. The number of imidazole rings is 2. The van der Waals surface area contributed by atoms with E-state index in [0.29, 0.717) is 71.4 Å². The minimum absolute atomic E-state index is 0.0457. The van der Waals surface area contributed by atoms with Gasteiger partial charge in [-0.3, -0.25) is 9.13 Å². The quantitative estimate of drug-likeness (QED) is 0.0267. The van der Waals surface area contributed by atoms with Crippen molar-refractivity contribution < 1.29 is 28.4 Å². The highest BCUT2D eigenvalue weighted by Crippen LogP contribution is 2.38. The first-order valence-electron chi connectivity index (χ1n) is 30.4. The Morgan fingerprint density at radius 2 is 0.912 bits per heavy atom. The monoisotopic (exact) mass is 1460 g/mol. The maximum absolute atomic E-state index is 13.3. The van der Waals surface area contributed by atoms with Gasteiger partial charge in [0.1, 0.15) is 38.4 Å². The summed E-state index contributed by atoms with van der Waals surface area (Å²) in [4.78, 5) is 36.0. The van der Waals surface area contributed by atoms with Crippen LogP contribution in [-0.4, -0.2) is 122 Å². The van der Waals surface area contributed by atoms with Gasteiger partial charge in [0.25, 0.3) is 0 Å². The van der Waals surface area contributed by atoms with Crippen molar-refractivity contribution in [3.63, 3.8) is 0 Å². The molecule has 5 aromatic carbocycles. The molecule has 0 fully saturated rings. The number of rotatable bonds is 27. The number of fused-ring (bicyclic) bond motifs is 3. The Bertz CT molecular complexity index is 4320. The van der Waals surface area contributed by atoms with E-state index in [1.165, 1.54) is 18.7 Å². The third-order valence-corrected chi connectivity index (χ3v) is 23.8. The zero-order valence-electron chi connectivity index (χ0n) is 54.9. The fourth-order valence-corrected chi connectivity index (χ4v) is 13.3. The van der Waals surface area contributed by atoms with Crippen LogP contribution in [0.25, 0.3) is 55.5 Å². The zero-order valence-corrected chi connectivity index (χ0v) is 62.5. The van der Waals surface area contributed by atoms with Crippen LogP contribution in [-0.2, 0) is 52.9 Å². The molecule has 0 saturated heterocycles. The lowest BCUT2D eigenvalue weighted by Crippen LogP contribution is -2.27. The van der Waals surface area contributed by atoms with Crippen molar-refractivity contribution in [2.24, 2.45) is 7.05 Å². The Labute approximate surface area is 558 Å². The summed E-state index contributed by atoms with van der Waals surface area (Å²) in [7, 11) is -2.98. The van der Waals surface area contributed by atoms with Gasteiger partial charge in [-0.1, -0.05) is 120 Å². The summed E-state index contributed by atoms with van der Waals surface area (Å²) < 4.78 is 48.2. The number of hydrogen-bond acceptors (Lipinski definition) is 14. The van der Waals surface area contributed by atoms with Crippen LogP contribution in [0.3, 0.4) is 0 Å². The molecule has 0 atom stereocenters. The fourth-order valence-electron chi connectivity index (χ4n) is 9.41. The molecule has 5 heterocycles. The number of tetrazole rings is 2. The molecule has 0 aliphatic rings. The molecule has 10 aromatic rings. The number of nitrogens with zero attached hydrogens (tertiary/aromatic N) is 13. The highest BCUT2D eigenvalue weighted by molar-refractivity contribution is 14.1. The topological polar surface area (TPSA) is 201 Å². The highest BCUT2D eigenvalue weighted by Gasteiger charge is 2.23. The Hall–Kier alpha value is -6.06. The summed E-state index contributed by atoms with van der Waals surface area (Å²) in [6.07, 6.45) is 2.05. The van der Waals surface area contributed by atoms with Crippen molar-refractivity contribution in [3.8, 4) is 46.0 Å². The molecule has 28 heteroatoms. The number of halogens is 3. The first kappa shape index (κ1) is 69.3. The van der Waals surface area contributed by atoms with Crippen LogP contribution in [0.15, 0.2) is 101 Å². The third-order valence-electron chi connectivity index (χ3n) is 15.1. The Morgan fingerprint density at radius 3 is 1.36 bits per heavy atom. The van der Waals surface area contributed by atoms with Crippen molar-refractivity contribution in [1.29, 1.82) is 0 Å². The largest absolute Gasteiger partial charge is 0.425 e. The van der Waals surface area contributed by atoms with Gasteiger partial charge < -0.3 is 33.0 Å². The first-order valence-corrected chi connectivity index (χ1v) is 47.1. The minimum atomic E-state index is -1.29. The van der Waals surface area contributed by atoms with E-state index in [9.17, 15) is 9.59 Å². The van der Waals surface area contributed by atoms with Gasteiger partial charge in [-0.15, -0.1) is 0 Å². The fraction of sp³-hybridized carbons (Fsp3) is 0.429. The smallest absolute Gasteiger partial charge is 0.370 e. The highest BCUT2D eigenvalue weighted by atomic mass is 127. The van der Waals surface area contributed by atoms with Crippen LogP contribution in [0.5, 0.6) is 23.5 Å². The van der Waals surface area contributed by atoms with Crippen LogP contribution in [0.2, 0.25) is 113 Å². The maximum Gasteiger partial charge on any atom is 0.370 e. The molecule has 0 amide bonds. The van der Waals surface area contributed by atoms with Crippen LogP contribution in [0, 0.1) is 17.4 Å². The summed E-state index contributed by atoms with van der Waals surface area (Å²) >= 11 is 15.6. The van der Waals surface area contributed by atoms with Gasteiger partial charge in [0, 0.05) is 104 Å². The lowest BCUT2D eigenvalue weighted by atomic mass is 10.0. The lowest BCUT2D eigenvalue weighted by molar-refractivity contribution is 0.0747. The molecular weight excluding hydrogens is 1380 g/mol. The lowest BCUT2D eigenvalue weighted by Gasteiger charge is -2.16. The predicted octanol–water partition coefficient (Wildman–Crippen LogP) is 15.1. The SMILES string of the molecule is Cc1ccc(Oc2nc3cc(-c4ccc5c(ccn5C)c4)c(Cl)cc3n2COCC[Si](C)(C)C)cc1-n1nnn(COCC[Si](C)(C)C)c1=O.Cc1ccc(Oc2nc3cc(I)c(Cl)cc3n2COCC[Si](C)(C)C)cc1-n1nnn(COCC[Si](C)(C)C)c1=O. The molecule has 0 radical (unpaired) electrons. The molecule has 486 valence electrons. The van der Waals surface area contributed by atoms with E-state index < -0.39 is 38.0 Å². The van der Waals surface area contributed by atoms with Crippen LogP contribution in [0.1, 0.15) is 11.1 Å². The van der Waals surface area contributed by atoms with Gasteiger partial charge in [0.2, 0.25) is 0 Å². The molecule has 0 aliphatic carbocycles. The molecule has 0 unspecified atom stereocenters. The number of benzene rings is 5. The average Bonchev–Trinajstić information content (AvgIpc) is 1.81. The first-order chi connectivity index (χ1) is 42.9. The molecule has 10 rings (SSSR count). The van der Waals surface area contributed by atoms with Crippen LogP contribution < -0.4 is 20.9 Å². The number of hydrogen-bond donors (Lipinski definition) is 0. The summed E-state index contributed by atoms with van der Waals surface area (Å²) in [5.74, 6) is 0.982. The van der Waals surface area contributed by atoms with Gasteiger partial charge in [-0.2, -0.15) is 28.7 Å². The summed E-state index contributed by atoms with van der Waals surface area (Å²) in [5, 5.41) is 18.7. The standard InChI is InChI=1S/C36H46ClN7O4Si2.C27H38ClIN6O4Si2/c1-25-9-11-28(20-33(25)44-36(45)43(39-40-44)24-47-16-18-50(6,7)8)48-35-38-31-21-29(26-10-12-32-27(19-26)13-14-41(32)2)30(37)22-34(31)42(35)23-46-15-17-49(3,4)5;1-19-8-9-20(14-24(19)35-27(36)34(31-32-35)18-38-11-13-41(5,6)7)39-26-30-23-16-22(29)21(28)15-25(23)33(26)17-37-10-12-40(2,3)4/h9-14,19-22H,15-18,23-24H2,1-8H3;8-9,14-16H,10-13,17-18H2,1-7H3. The third kappa shape index (κ3) is 18.2. The second-order valence-electron chi connectivity index (χ2n) is 27.8. The maximum atomic E-state index is 13.3. The Kier molecular flexibility index (Phi) is 22.1. The number of aromatic nitrogens is 13. The molecule has 0 N–H and O–H groups in total. The second-order valence-corrected chi connectivity index (χ2v) is 52.2.